The number of ether oxygens (including phenoxy) is 8. The highest BCUT2D eigenvalue weighted by Gasteiger charge is 2.78. The molecule has 0 N–H and O–H groups in total. The first kappa shape index (κ1) is 98.8. The summed E-state index contributed by atoms with van der Waals surface area (Å²) in [5.74, 6) is -9.95. The van der Waals surface area contributed by atoms with Gasteiger partial charge in [0.15, 0.2) is 10.8 Å². The number of carbonyl (C=O) groups excluding carboxylic acids is 8. The second kappa shape index (κ2) is 41.7. The lowest BCUT2D eigenvalue weighted by Gasteiger charge is -2.32. The molecule has 15 atom stereocenters. The van der Waals surface area contributed by atoms with Gasteiger partial charge in [0.05, 0.1) is 25.0 Å². The molecule has 2 saturated heterocycles. The molecule has 6 fully saturated rings. The van der Waals surface area contributed by atoms with Gasteiger partial charge in [-0.05, 0) is 122 Å². The van der Waals surface area contributed by atoms with Crippen LogP contribution >= 0.6 is 0 Å². The van der Waals surface area contributed by atoms with E-state index in [2.05, 4.69) is 161 Å². The van der Waals surface area contributed by atoms with E-state index >= 15 is 0 Å². The zero-order valence-electron chi connectivity index (χ0n) is 68.1. The molecule has 16 nitrogen and oxygen atoms in total. The fourth-order valence-corrected chi connectivity index (χ4v) is 13.9. The van der Waals surface area contributed by atoms with Gasteiger partial charge in [0, 0.05) is 34.8 Å². The third-order valence-electron chi connectivity index (χ3n) is 21.7. The van der Waals surface area contributed by atoms with E-state index in [1.807, 2.05) is 19.9 Å². The van der Waals surface area contributed by atoms with Gasteiger partial charge in [-0.1, -0.05) is 224 Å². The number of halogens is 12. The van der Waals surface area contributed by atoms with Crippen molar-refractivity contribution in [2.45, 2.75) is 299 Å². The number of hydrogen-bond donors (Lipinski definition) is 0. The van der Waals surface area contributed by atoms with Gasteiger partial charge in [0.1, 0.15) is 24.4 Å². The Balaban J connectivity index is 0.000000362. The minimum Gasteiger partial charge on any atom is -0.465 e. The van der Waals surface area contributed by atoms with Crippen LogP contribution in [0.3, 0.4) is 0 Å². The molecular formula is C84H118F12O16. The molecule has 4 bridgehead atoms. The van der Waals surface area contributed by atoms with Crippen molar-refractivity contribution in [1.82, 2.24) is 0 Å². The molecule has 15 unspecified atom stereocenters. The third kappa shape index (κ3) is 26.3. The standard InChI is InChI=1S/C17H18F6O6.C16H14F6O6.C14H22.C13H26O2.C12H22O2.C12H16/c1-3-6(2)11(24)27-9-7-4-8-10(9)28-13(25)15(8,5-7)14(26)29-12(16(18,19)20)17(21,22)23;1-5(2)10(23)26-8-6-3-7-9(8)27-12(24)14(7,4-6)13(25)28-11(15(17,18)19)16(20,21)22;1-6-11(2)12-7-9-13(10-8-12)14(3,4)5;1-5-8-9-12(7-3)10-15-13(14)11(4)6-2;1-5-7-8-11(6-2)9-14-12(13)10(3)4;1-5-10-6-8-11(9-7-10)12(2,3)4/h6-10,12H,3-5H2,1-2H3;6-9,11H,1,3-4H2,2H3;7-11H,6H2,1-5H3;11-12H,5-10H2,1-4H3;11H,3,5-9H2,1-2,4H3;5-9H,1H2,2-4H3. The molecule has 0 spiro atoms. The van der Waals surface area contributed by atoms with Crippen molar-refractivity contribution in [3.8, 4) is 0 Å². The van der Waals surface area contributed by atoms with Gasteiger partial charge < -0.3 is 37.9 Å². The molecule has 8 rings (SSSR count). The number of benzene rings is 2. The highest BCUT2D eigenvalue weighted by molar-refractivity contribution is 6.04. The van der Waals surface area contributed by atoms with Gasteiger partial charge in [0.25, 0.3) is 12.2 Å². The van der Waals surface area contributed by atoms with E-state index in [0.29, 0.717) is 43.0 Å². The Kier molecular flexibility index (Phi) is 36.8. The first-order valence-corrected chi connectivity index (χ1v) is 38.7. The Labute approximate surface area is 652 Å². The Morgan fingerprint density at radius 2 is 0.866 bits per heavy atom. The van der Waals surface area contributed by atoms with Crippen molar-refractivity contribution in [3.63, 3.8) is 0 Å². The number of esters is 8. The summed E-state index contributed by atoms with van der Waals surface area (Å²) in [4.78, 5) is 95.6. The lowest BCUT2D eigenvalue weighted by molar-refractivity contribution is -0.316. The first-order chi connectivity index (χ1) is 51.7. The van der Waals surface area contributed by atoms with Crippen molar-refractivity contribution in [2.75, 3.05) is 13.2 Å². The first-order valence-electron chi connectivity index (χ1n) is 38.7. The number of fused-ring (bicyclic) bond motifs is 2. The van der Waals surface area contributed by atoms with Crippen LogP contribution < -0.4 is 0 Å². The summed E-state index contributed by atoms with van der Waals surface area (Å²) >= 11 is 0. The number of carbonyl (C=O) groups is 8. The maximum Gasteiger partial charge on any atom is 0.434 e. The molecule has 112 heavy (non-hydrogen) atoms. The monoisotopic (exact) mass is 1610 g/mol. The summed E-state index contributed by atoms with van der Waals surface area (Å²) in [7, 11) is 0. The quantitative estimate of drug-likeness (QED) is 0.0268. The van der Waals surface area contributed by atoms with Crippen molar-refractivity contribution in [3.05, 3.63) is 102 Å². The van der Waals surface area contributed by atoms with Crippen LogP contribution in [0.5, 0.6) is 0 Å². The largest absolute Gasteiger partial charge is 0.465 e. The topological polar surface area (TPSA) is 210 Å². The van der Waals surface area contributed by atoms with Crippen molar-refractivity contribution >= 4 is 53.8 Å². The van der Waals surface area contributed by atoms with Gasteiger partial charge in [-0.2, -0.15) is 52.7 Å². The molecule has 4 aliphatic carbocycles. The summed E-state index contributed by atoms with van der Waals surface area (Å²) in [5.41, 5.74) is 1.97. The normalized spacial score (nSPS) is 23.8. The average Bonchev–Trinajstić information content (AvgIpc) is 1.54. The van der Waals surface area contributed by atoms with Crippen LogP contribution in [0.4, 0.5) is 52.7 Å². The second-order valence-electron chi connectivity index (χ2n) is 32.3. The molecule has 4 saturated carbocycles. The molecule has 0 aromatic heterocycles. The zero-order chi connectivity index (χ0) is 85.8. The Morgan fingerprint density at radius 1 is 0.509 bits per heavy atom. The number of unbranched alkanes of at least 4 members (excludes halogenated alkanes) is 2. The fraction of sp³-hybridized carbons (Fsp3) is 0.690. The van der Waals surface area contributed by atoms with E-state index < -0.39 is 150 Å². The molecule has 6 aliphatic rings. The number of rotatable bonds is 27. The molecule has 2 aliphatic heterocycles. The van der Waals surface area contributed by atoms with Crippen LogP contribution in [0.25, 0.3) is 6.08 Å². The van der Waals surface area contributed by atoms with Gasteiger partial charge in [-0.25, -0.2) is 9.59 Å². The SMILES string of the molecule is C=C(C)C(=O)OC1C2CC3C1OC(=O)C3(C(=O)OC(C(F)(F)F)C(F)(F)F)C2.C=C(C)C(=O)OCC(CC)CCCC.C=Cc1ccc(C(C)(C)C)cc1.CCC(C)C(=O)OC1C2CC3C1OC(=O)C3(C(=O)OC(C(F)(F)F)C(F)(F)F)C2.CCC(C)c1ccc(C(C)(C)C)cc1.CCCCC(CC)COC(=O)C(C)CC. The van der Waals surface area contributed by atoms with E-state index in [4.69, 9.17) is 28.4 Å². The van der Waals surface area contributed by atoms with Crippen LogP contribution in [0, 0.1) is 58.2 Å². The number of hydrogen-bond acceptors (Lipinski definition) is 16. The lowest BCUT2D eigenvalue weighted by Crippen LogP contribution is -2.51. The van der Waals surface area contributed by atoms with Crippen LogP contribution in [0.1, 0.15) is 249 Å². The lowest BCUT2D eigenvalue weighted by atomic mass is 9.73. The maximum atomic E-state index is 12.7. The Morgan fingerprint density at radius 3 is 1.19 bits per heavy atom. The predicted octanol–water partition coefficient (Wildman–Crippen LogP) is 20.6. The van der Waals surface area contributed by atoms with E-state index in [9.17, 15) is 91.0 Å². The summed E-state index contributed by atoms with van der Waals surface area (Å²) in [6, 6.07) is 17.6. The molecule has 0 radical (unpaired) electrons. The minimum absolute atomic E-state index is 0.0348. The van der Waals surface area contributed by atoms with E-state index in [1.165, 1.54) is 67.7 Å². The summed E-state index contributed by atoms with van der Waals surface area (Å²) in [6.07, 6.45) is -23.2. The molecule has 2 aromatic rings. The van der Waals surface area contributed by atoms with Gasteiger partial charge >= 0.3 is 72.5 Å². The molecule has 634 valence electrons. The highest BCUT2D eigenvalue weighted by Crippen LogP contribution is 2.65. The van der Waals surface area contributed by atoms with Crippen molar-refractivity contribution in [2.24, 2.45) is 58.2 Å². The molecule has 2 aromatic carbocycles. The molecular weight excluding hydrogens is 1490 g/mol. The second-order valence-corrected chi connectivity index (χ2v) is 32.3. The van der Waals surface area contributed by atoms with Gasteiger partial charge in [-0.15, -0.1) is 0 Å². The third-order valence-corrected chi connectivity index (χ3v) is 21.7. The Hall–Kier alpha value is -7.42. The fourth-order valence-electron chi connectivity index (χ4n) is 13.9. The summed E-state index contributed by atoms with van der Waals surface area (Å²) < 4.78 is 191. The molecule has 28 heteroatoms. The zero-order valence-corrected chi connectivity index (χ0v) is 68.1. The molecule has 0 amide bonds. The Bertz CT molecular complexity index is 3430. The maximum absolute atomic E-state index is 12.7. The van der Waals surface area contributed by atoms with Crippen molar-refractivity contribution < 1.29 is 129 Å². The van der Waals surface area contributed by atoms with Crippen LogP contribution in [-0.4, -0.2) is 122 Å². The van der Waals surface area contributed by atoms with Crippen LogP contribution in [-0.2, 0) is 87.1 Å². The smallest absolute Gasteiger partial charge is 0.434 e. The van der Waals surface area contributed by atoms with Crippen LogP contribution in [0.15, 0.2) is 79.4 Å². The van der Waals surface area contributed by atoms with E-state index in [-0.39, 0.29) is 47.1 Å². The summed E-state index contributed by atoms with van der Waals surface area (Å²) in [6.45, 7) is 48.8. The van der Waals surface area contributed by atoms with Gasteiger partial charge in [0.2, 0.25) is 0 Å². The average molecular weight is 1610 g/mol. The minimum atomic E-state index is -5.90. The van der Waals surface area contributed by atoms with E-state index in [0.717, 1.165) is 25.7 Å². The highest BCUT2D eigenvalue weighted by atomic mass is 19.4. The van der Waals surface area contributed by atoms with E-state index in [1.54, 1.807) is 20.8 Å². The van der Waals surface area contributed by atoms with Gasteiger partial charge in [-0.3, -0.25) is 28.8 Å². The predicted molar refractivity (Wildman–Crippen MR) is 397 cm³/mol. The number of alkyl halides is 12. The van der Waals surface area contributed by atoms with Crippen molar-refractivity contribution in [1.29, 1.82) is 0 Å². The van der Waals surface area contributed by atoms with Crippen LogP contribution in [0.2, 0.25) is 0 Å². The summed E-state index contributed by atoms with van der Waals surface area (Å²) in [5, 5.41) is 0. The molecule has 2 heterocycles.